The van der Waals surface area contributed by atoms with Crippen LogP contribution < -0.4 is 9.47 Å². The largest absolute Gasteiger partial charge is 0.497 e. The molecule has 0 spiro atoms. The average molecular weight is 379 g/mol. The van der Waals surface area contributed by atoms with Gasteiger partial charge in [0.2, 0.25) is 0 Å². The minimum atomic E-state index is -0.418. The van der Waals surface area contributed by atoms with Gasteiger partial charge in [0.15, 0.2) is 0 Å². The smallest absolute Gasteiger partial charge is 0.341 e. The van der Waals surface area contributed by atoms with Gasteiger partial charge in [-0.1, -0.05) is 12.1 Å². The van der Waals surface area contributed by atoms with E-state index in [1.165, 1.54) is 7.11 Å². The molecule has 0 aliphatic rings. The zero-order chi connectivity index (χ0) is 16.8. The molecule has 2 aromatic rings. The molecule has 0 atom stereocenters. The molecule has 0 aromatic heterocycles. The average Bonchev–Trinajstić information content (AvgIpc) is 2.55. The Labute approximate surface area is 144 Å². The molecule has 4 nitrogen and oxygen atoms in total. The lowest BCUT2D eigenvalue weighted by molar-refractivity contribution is 0.0596. The third kappa shape index (κ3) is 4.48. The lowest BCUT2D eigenvalue weighted by atomic mass is 10.1. The number of hydrogen-bond acceptors (Lipinski definition) is 4. The molecule has 122 valence electrons. The Bertz CT molecular complexity index is 697. The van der Waals surface area contributed by atoms with E-state index in [0.717, 1.165) is 21.3 Å². The second-order valence-electron chi connectivity index (χ2n) is 5.07. The zero-order valence-corrected chi connectivity index (χ0v) is 15.0. The van der Waals surface area contributed by atoms with Gasteiger partial charge in [-0.2, -0.15) is 0 Å². The second-order valence-corrected chi connectivity index (χ2v) is 5.92. The topological polar surface area (TPSA) is 44.8 Å². The lowest BCUT2D eigenvalue weighted by Gasteiger charge is -2.13. The summed E-state index contributed by atoms with van der Waals surface area (Å²) in [5.74, 6) is 0.911. The van der Waals surface area contributed by atoms with Crippen molar-refractivity contribution in [3.05, 3.63) is 57.6 Å². The van der Waals surface area contributed by atoms with Gasteiger partial charge in [0.25, 0.3) is 0 Å². The Morgan fingerprint density at radius 2 is 1.96 bits per heavy atom. The van der Waals surface area contributed by atoms with Gasteiger partial charge in [-0.3, -0.25) is 0 Å². The summed E-state index contributed by atoms with van der Waals surface area (Å²) in [7, 11) is 3.00. The highest BCUT2D eigenvalue weighted by Crippen LogP contribution is 2.30. The number of benzene rings is 2. The SMILES string of the molecule is COC(=O)c1cccc(Br)c1OCCc1cc(C)cc(OC)c1. The molecule has 0 aliphatic carbocycles. The first-order valence-electron chi connectivity index (χ1n) is 7.19. The van der Waals surface area contributed by atoms with Gasteiger partial charge >= 0.3 is 5.97 Å². The number of ether oxygens (including phenoxy) is 3. The molecule has 0 bridgehead atoms. The lowest BCUT2D eigenvalue weighted by Crippen LogP contribution is -2.08. The Morgan fingerprint density at radius 3 is 2.65 bits per heavy atom. The van der Waals surface area contributed by atoms with Gasteiger partial charge < -0.3 is 14.2 Å². The van der Waals surface area contributed by atoms with Crippen molar-refractivity contribution in [3.63, 3.8) is 0 Å². The van der Waals surface area contributed by atoms with E-state index < -0.39 is 5.97 Å². The quantitative estimate of drug-likeness (QED) is 0.707. The number of methoxy groups -OCH3 is 2. The predicted molar refractivity (Wildman–Crippen MR) is 92.4 cm³/mol. The van der Waals surface area contributed by atoms with Crippen LogP contribution in [-0.4, -0.2) is 26.8 Å². The van der Waals surface area contributed by atoms with Crippen LogP contribution >= 0.6 is 15.9 Å². The molecule has 0 unspecified atom stereocenters. The van der Waals surface area contributed by atoms with Crippen molar-refractivity contribution in [2.45, 2.75) is 13.3 Å². The number of rotatable bonds is 6. The van der Waals surface area contributed by atoms with Gasteiger partial charge in [0, 0.05) is 6.42 Å². The van der Waals surface area contributed by atoms with Crippen LogP contribution in [0.1, 0.15) is 21.5 Å². The van der Waals surface area contributed by atoms with E-state index in [0.29, 0.717) is 24.3 Å². The summed E-state index contributed by atoms with van der Waals surface area (Å²) in [5, 5.41) is 0. The Kier molecular flexibility index (Phi) is 6.04. The molecule has 0 radical (unpaired) electrons. The highest BCUT2D eigenvalue weighted by atomic mass is 79.9. The molecular formula is C18H19BrO4. The van der Waals surface area contributed by atoms with E-state index in [1.54, 1.807) is 19.2 Å². The van der Waals surface area contributed by atoms with Crippen LogP contribution in [0.2, 0.25) is 0 Å². The first kappa shape index (κ1) is 17.3. The fraction of sp³-hybridized carbons (Fsp3) is 0.278. The molecule has 0 amide bonds. The van der Waals surface area contributed by atoms with E-state index >= 15 is 0 Å². The third-order valence-corrected chi connectivity index (χ3v) is 3.98. The highest BCUT2D eigenvalue weighted by molar-refractivity contribution is 9.10. The molecule has 0 aliphatic heterocycles. The predicted octanol–water partition coefficient (Wildman–Crippen LogP) is 4.17. The van der Waals surface area contributed by atoms with Gasteiger partial charge in [-0.25, -0.2) is 4.79 Å². The summed E-state index contributed by atoms with van der Waals surface area (Å²) in [6.45, 7) is 2.47. The van der Waals surface area contributed by atoms with Gasteiger partial charge in [-0.15, -0.1) is 0 Å². The van der Waals surface area contributed by atoms with E-state index in [-0.39, 0.29) is 0 Å². The summed E-state index contributed by atoms with van der Waals surface area (Å²) >= 11 is 3.41. The molecule has 2 aromatic carbocycles. The molecule has 0 N–H and O–H groups in total. The number of aryl methyl sites for hydroxylation is 1. The van der Waals surface area contributed by atoms with Gasteiger partial charge in [0.05, 0.1) is 25.3 Å². The number of esters is 1. The number of carbonyl (C=O) groups is 1. The number of halogens is 1. The van der Waals surface area contributed by atoms with Crippen LogP contribution in [0.25, 0.3) is 0 Å². The molecule has 0 saturated carbocycles. The number of carbonyl (C=O) groups excluding carboxylic acids is 1. The van der Waals surface area contributed by atoms with Crippen LogP contribution in [0.4, 0.5) is 0 Å². The summed E-state index contributed by atoms with van der Waals surface area (Å²) in [6, 6.07) is 11.3. The normalized spacial score (nSPS) is 10.3. The van der Waals surface area contributed by atoms with Crippen molar-refractivity contribution in [1.82, 2.24) is 0 Å². The van der Waals surface area contributed by atoms with E-state index in [9.17, 15) is 4.79 Å². The van der Waals surface area contributed by atoms with Gasteiger partial charge in [-0.05, 0) is 58.2 Å². The van der Waals surface area contributed by atoms with Crippen molar-refractivity contribution >= 4 is 21.9 Å². The van der Waals surface area contributed by atoms with Crippen molar-refractivity contribution in [2.75, 3.05) is 20.8 Å². The monoisotopic (exact) mass is 378 g/mol. The first-order chi connectivity index (χ1) is 11.0. The molecular weight excluding hydrogens is 360 g/mol. The summed E-state index contributed by atoms with van der Waals surface area (Å²) < 4.78 is 16.6. The minimum Gasteiger partial charge on any atom is -0.497 e. The van der Waals surface area contributed by atoms with Crippen LogP contribution in [0.15, 0.2) is 40.9 Å². The van der Waals surface area contributed by atoms with Crippen LogP contribution in [0, 0.1) is 6.92 Å². The van der Waals surface area contributed by atoms with E-state index in [2.05, 4.69) is 22.0 Å². The number of para-hydroxylation sites is 1. The maximum Gasteiger partial charge on any atom is 0.341 e. The van der Waals surface area contributed by atoms with Crippen LogP contribution in [-0.2, 0) is 11.2 Å². The molecule has 2 rings (SSSR count). The summed E-state index contributed by atoms with van der Waals surface area (Å²) in [6.07, 6.45) is 0.708. The fourth-order valence-corrected chi connectivity index (χ4v) is 2.76. The Hall–Kier alpha value is -2.01. The zero-order valence-electron chi connectivity index (χ0n) is 13.4. The summed E-state index contributed by atoms with van der Waals surface area (Å²) in [5.41, 5.74) is 2.66. The van der Waals surface area contributed by atoms with Crippen LogP contribution in [0.3, 0.4) is 0 Å². The third-order valence-electron chi connectivity index (χ3n) is 3.36. The Morgan fingerprint density at radius 1 is 1.17 bits per heavy atom. The maximum absolute atomic E-state index is 11.8. The standard InChI is InChI=1S/C18H19BrO4/c1-12-9-13(11-14(10-12)21-2)7-8-23-17-15(18(20)22-3)5-4-6-16(17)19/h4-6,9-11H,7-8H2,1-3H3. The molecule has 0 heterocycles. The van der Waals surface area contributed by atoms with E-state index in [1.807, 2.05) is 25.1 Å². The Balaban J connectivity index is 2.10. The highest BCUT2D eigenvalue weighted by Gasteiger charge is 2.15. The molecule has 5 heteroatoms. The van der Waals surface area contributed by atoms with Crippen molar-refractivity contribution in [2.24, 2.45) is 0 Å². The molecule has 0 fully saturated rings. The van der Waals surface area contributed by atoms with Crippen LogP contribution in [0.5, 0.6) is 11.5 Å². The number of hydrogen-bond donors (Lipinski definition) is 0. The fourth-order valence-electron chi connectivity index (χ4n) is 2.28. The maximum atomic E-state index is 11.8. The van der Waals surface area contributed by atoms with E-state index in [4.69, 9.17) is 14.2 Å². The molecule has 0 saturated heterocycles. The first-order valence-corrected chi connectivity index (χ1v) is 7.98. The summed E-state index contributed by atoms with van der Waals surface area (Å²) in [4.78, 5) is 11.8. The second kappa shape index (κ2) is 8.02. The van der Waals surface area contributed by atoms with Gasteiger partial charge in [0.1, 0.15) is 17.1 Å². The minimum absolute atomic E-state index is 0.406. The van der Waals surface area contributed by atoms with Crippen molar-refractivity contribution < 1.29 is 19.0 Å². The molecule has 23 heavy (non-hydrogen) atoms. The van der Waals surface area contributed by atoms with Crippen molar-refractivity contribution in [3.8, 4) is 11.5 Å². The van der Waals surface area contributed by atoms with Crippen molar-refractivity contribution in [1.29, 1.82) is 0 Å².